The summed E-state index contributed by atoms with van der Waals surface area (Å²) in [5, 5.41) is 7.50. The fourth-order valence-electron chi connectivity index (χ4n) is 2.12. The number of rotatable bonds is 3. The van der Waals surface area contributed by atoms with Gasteiger partial charge in [0.25, 0.3) is 0 Å². The van der Waals surface area contributed by atoms with Crippen LogP contribution in [0.3, 0.4) is 0 Å². The SMILES string of the molecule is COC(=O)N1CCCC(NC(=O)NCc2cscn2)C1. The second kappa shape index (κ2) is 7.09. The van der Waals surface area contributed by atoms with E-state index in [0.29, 0.717) is 19.6 Å². The lowest BCUT2D eigenvalue weighted by Gasteiger charge is -2.32. The van der Waals surface area contributed by atoms with Crippen molar-refractivity contribution >= 4 is 23.5 Å². The Morgan fingerprint density at radius 3 is 3.15 bits per heavy atom. The number of thiazole rings is 1. The highest BCUT2D eigenvalue weighted by Gasteiger charge is 2.25. The second-order valence-electron chi connectivity index (χ2n) is 4.56. The van der Waals surface area contributed by atoms with Crippen molar-refractivity contribution in [2.45, 2.75) is 25.4 Å². The Hall–Kier alpha value is -1.83. The molecule has 0 aliphatic carbocycles. The lowest BCUT2D eigenvalue weighted by Crippen LogP contribution is -2.51. The van der Waals surface area contributed by atoms with Gasteiger partial charge < -0.3 is 20.3 Å². The molecule has 20 heavy (non-hydrogen) atoms. The minimum Gasteiger partial charge on any atom is -0.453 e. The Morgan fingerprint density at radius 2 is 2.45 bits per heavy atom. The number of hydrogen-bond acceptors (Lipinski definition) is 5. The van der Waals surface area contributed by atoms with Gasteiger partial charge in [-0.15, -0.1) is 11.3 Å². The maximum absolute atomic E-state index is 11.8. The van der Waals surface area contributed by atoms with Crippen LogP contribution in [0.5, 0.6) is 0 Å². The molecule has 1 fully saturated rings. The number of urea groups is 1. The number of nitrogens with zero attached hydrogens (tertiary/aromatic N) is 2. The number of piperidine rings is 1. The zero-order chi connectivity index (χ0) is 14.4. The molecule has 110 valence electrons. The van der Waals surface area contributed by atoms with Crippen LogP contribution in [0, 0.1) is 0 Å². The summed E-state index contributed by atoms with van der Waals surface area (Å²) in [4.78, 5) is 28.9. The lowest BCUT2D eigenvalue weighted by molar-refractivity contribution is 0.108. The summed E-state index contributed by atoms with van der Waals surface area (Å²) in [5.74, 6) is 0. The molecule has 0 bridgehead atoms. The molecular formula is C12H18N4O3S. The van der Waals surface area contributed by atoms with Gasteiger partial charge in [-0.2, -0.15) is 0 Å². The molecule has 0 aromatic carbocycles. The Morgan fingerprint density at radius 1 is 1.60 bits per heavy atom. The Balaban J connectivity index is 1.74. The third-order valence-corrected chi connectivity index (χ3v) is 3.74. The van der Waals surface area contributed by atoms with Crippen LogP contribution >= 0.6 is 11.3 Å². The van der Waals surface area contributed by atoms with Gasteiger partial charge >= 0.3 is 12.1 Å². The molecule has 1 aromatic rings. The molecule has 2 rings (SSSR count). The van der Waals surface area contributed by atoms with Crippen molar-refractivity contribution in [3.05, 3.63) is 16.6 Å². The summed E-state index contributed by atoms with van der Waals surface area (Å²) in [6.45, 7) is 1.56. The fraction of sp³-hybridized carbons (Fsp3) is 0.583. The van der Waals surface area contributed by atoms with Crippen molar-refractivity contribution in [3.63, 3.8) is 0 Å². The van der Waals surface area contributed by atoms with Crippen LogP contribution in [0.2, 0.25) is 0 Å². The molecule has 1 saturated heterocycles. The van der Waals surface area contributed by atoms with Crippen LogP contribution in [-0.4, -0.2) is 48.2 Å². The van der Waals surface area contributed by atoms with Gasteiger partial charge in [-0.05, 0) is 12.8 Å². The summed E-state index contributed by atoms with van der Waals surface area (Å²) in [5.41, 5.74) is 2.56. The zero-order valence-electron chi connectivity index (χ0n) is 11.3. The van der Waals surface area contributed by atoms with Gasteiger partial charge in [-0.3, -0.25) is 0 Å². The minimum atomic E-state index is -0.348. The molecule has 1 aromatic heterocycles. The molecule has 2 N–H and O–H groups in total. The molecule has 0 spiro atoms. The topological polar surface area (TPSA) is 83.6 Å². The van der Waals surface area contributed by atoms with Crippen LogP contribution in [0.25, 0.3) is 0 Å². The molecule has 1 aliphatic heterocycles. The first-order valence-corrected chi connectivity index (χ1v) is 7.37. The minimum absolute atomic E-state index is 0.0433. The van der Waals surface area contributed by atoms with Gasteiger partial charge in [-0.25, -0.2) is 14.6 Å². The largest absolute Gasteiger partial charge is 0.453 e. The van der Waals surface area contributed by atoms with Crippen molar-refractivity contribution < 1.29 is 14.3 Å². The standard InChI is InChI=1S/C12H18N4O3S/c1-19-12(18)16-4-2-3-9(6-16)15-11(17)13-5-10-7-20-8-14-10/h7-9H,2-6H2,1H3,(H2,13,15,17). The number of likely N-dealkylation sites (tertiary alicyclic amines) is 1. The summed E-state index contributed by atoms with van der Waals surface area (Å²) in [6, 6.07) is -0.284. The molecule has 7 nitrogen and oxygen atoms in total. The molecule has 3 amide bonds. The van der Waals surface area contributed by atoms with Crippen molar-refractivity contribution in [1.82, 2.24) is 20.5 Å². The van der Waals surface area contributed by atoms with E-state index in [1.807, 2.05) is 5.38 Å². The average Bonchev–Trinajstić information content (AvgIpc) is 2.98. The van der Waals surface area contributed by atoms with E-state index in [-0.39, 0.29) is 18.2 Å². The number of amides is 3. The summed E-state index contributed by atoms with van der Waals surface area (Å²) in [7, 11) is 1.36. The van der Waals surface area contributed by atoms with Crippen LogP contribution in [0.1, 0.15) is 18.5 Å². The van der Waals surface area contributed by atoms with E-state index in [1.54, 1.807) is 10.4 Å². The van der Waals surface area contributed by atoms with Crippen LogP contribution in [-0.2, 0) is 11.3 Å². The molecule has 1 atom stereocenters. The Kier molecular flexibility index (Phi) is 5.16. The molecular weight excluding hydrogens is 280 g/mol. The highest BCUT2D eigenvalue weighted by molar-refractivity contribution is 7.07. The highest BCUT2D eigenvalue weighted by Crippen LogP contribution is 2.11. The van der Waals surface area contributed by atoms with Gasteiger partial charge in [0, 0.05) is 24.5 Å². The summed E-state index contributed by atoms with van der Waals surface area (Å²) in [6.07, 6.45) is 1.36. The van der Waals surface area contributed by atoms with E-state index in [1.165, 1.54) is 18.4 Å². The fourth-order valence-corrected chi connectivity index (χ4v) is 2.68. The van der Waals surface area contributed by atoms with Crippen LogP contribution in [0.15, 0.2) is 10.9 Å². The summed E-state index contributed by atoms with van der Waals surface area (Å²) < 4.78 is 4.69. The second-order valence-corrected chi connectivity index (χ2v) is 5.28. The first kappa shape index (κ1) is 14.6. The van der Waals surface area contributed by atoms with Gasteiger partial charge in [0.05, 0.1) is 24.9 Å². The van der Waals surface area contributed by atoms with Crippen molar-refractivity contribution in [2.75, 3.05) is 20.2 Å². The smallest absolute Gasteiger partial charge is 0.409 e. The number of ether oxygens (including phenoxy) is 1. The van der Waals surface area contributed by atoms with Gasteiger partial charge in [0.2, 0.25) is 0 Å². The molecule has 2 heterocycles. The van der Waals surface area contributed by atoms with Crippen LogP contribution < -0.4 is 10.6 Å². The van der Waals surface area contributed by atoms with E-state index >= 15 is 0 Å². The maximum Gasteiger partial charge on any atom is 0.409 e. The zero-order valence-corrected chi connectivity index (χ0v) is 12.1. The number of hydrogen-bond donors (Lipinski definition) is 2. The van der Waals surface area contributed by atoms with Gasteiger partial charge in [-0.1, -0.05) is 0 Å². The van der Waals surface area contributed by atoms with Crippen molar-refractivity contribution in [1.29, 1.82) is 0 Å². The highest BCUT2D eigenvalue weighted by atomic mass is 32.1. The number of carbonyl (C=O) groups is 2. The third-order valence-electron chi connectivity index (χ3n) is 3.10. The van der Waals surface area contributed by atoms with E-state index in [0.717, 1.165) is 18.5 Å². The number of nitrogens with one attached hydrogen (secondary N) is 2. The Bertz CT molecular complexity index is 452. The Labute approximate surface area is 121 Å². The van der Waals surface area contributed by atoms with E-state index in [2.05, 4.69) is 15.6 Å². The number of aromatic nitrogens is 1. The van der Waals surface area contributed by atoms with Gasteiger partial charge in [0.15, 0.2) is 0 Å². The van der Waals surface area contributed by atoms with E-state index in [4.69, 9.17) is 4.74 Å². The normalized spacial score (nSPS) is 18.4. The first-order chi connectivity index (χ1) is 9.69. The van der Waals surface area contributed by atoms with E-state index < -0.39 is 0 Å². The van der Waals surface area contributed by atoms with Crippen molar-refractivity contribution in [3.8, 4) is 0 Å². The predicted molar refractivity (Wildman–Crippen MR) is 74.5 cm³/mol. The number of carbonyl (C=O) groups excluding carboxylic acids is 2. The van der Waals surface area contributed by atoms with E-state index in [9.17, 15) is 9.59 Å². The monoisotopic (exact) mass is 298 g/mol. The molecule has 8 heteroatoms. The molecule has 0 radical (unpaired) electrons. The quantitative estimate of drug-likeness (QED) is 0.877. The van der Waals surface area contributed by atoms with Gasteiger partial charge in [0.1, 0.15) is 0 Å². The molecule has 0 saturated carbocycles. The van der Waals surface area contributed by atoms with Crippen molar-refractivity contribution in [2.24, 2.45) is 0 Å². The average molecular weight is 298 g/mol. The predicted octanol–water partition coefficient (Wildman–Crippen LogP) is 1.17. The maximum atomic E-state index is 11.8. The number of methoxy groups -OCH3 is 1. The molecule has 1 unspecified atom stereocenters. The lowest BCUT2D eigenvalue weighted by atomic mass is 10.1. The summed E-state index contributed by atoms with van der Waals surface area (Å²) >= 11 is 1.49. The molecule has 1 aliphatic rings. The van der Waals surface area contributed by atoms with Crippen LogP contribution in [0.4, 0.5) is 9.59 Å². The first-order valence-electron chi connectivity index (χ1n) is 6.43. The third kappa shape index (κ3) is 4.09.